The van der Waals surface area contributed by atoms with Gasteiger partial charge in [0.25, 0.3) is 5.91 Å². The maximum atomic E-state index is 12.5. The van der Waals surface area contributed by atoms with Crippen LogP contribution in [0.1, 0.15) is 66.3 Å². The molecule has 2 aromatic rings. The zero-order valence-corrected chi connectivity index (χ0v) is 16.9. The molecule has 6 heteroatoms. The fourth-order valence-electron chi connectivity index (χ4n) is 4.08. The van der Waals surface area contributed by atoms with Crippen LogP contribution in [-0.4, -0.2) is 33.3 Å². The van der Waals surface area contributed by atoms with Gasteiger partial charge in [-0.25, -0.2) is 4.68 Å². The molecule has 0 aliphatic heterocycles. The summed E-state index contributed by atoms with van der Waals surface area (Å²) in [5.74, 6) is -0.858. The molecule has 1 amide bonds. The van der Waals surface area contributed by atoms with Crippen molar-refractivity contribution in [3.8, 4) is 5.69 Å². The van der Waals surface area contributed by atoms with E-state index in [-0.39, 0.29) is 17.7 Å². The van der Waals surface area contributed by atoms with E-state index in [0.29, 0.717) is 12.0 Å². The molecule has 3 rings (SSSR count). The first-order valence-corrected chi connectivity index (χ1v) is 9.95. The third-order valence-corrected chi connectivity index (χ3v) is 5.89. The summed E-state index contributed by atoms with van der Waals surface area (Å²) in [4.78, 5) is 23.3. The Labute approximate surface area is 166 Å². The molecule has 0 unspecified atom stereocenters. The third kappa shape index (κ3) is 4.43. The van der Waals surface area contributed by atoms with Gasteiger partial charge < -0.3 is 10.4 Å². The zero-order chi connectivity index (χ0) is 20.3. The maximum Gasteiger partial charge on any atom is 0.303 e. The van der Waals surface area contributed by atoms with Crippen molar-refractivity contribution in [3.63, 3.8) is 0 Å². The van der Waals surface area contributed by atoms with E-state index >= 15 is 0 Å². The Morgan fingerprint density at radius 2 is 1.82 bits per heavy atom. The number of hydrogen-bond donors (Lipinski definition) is 2. The SMILES string of the molecule is Cc1nn(-c2ccc(C(=O)NCC3(C)CCCC3)cc2)c(C)c1CCC(=O)O. The van der Waals surface area contributed by atoms with Gasteiger partial charge in [-0.05, 0) is 68.4 Å². The fraction of sp³-hybridized carbons (Fsp3) is 0.500. The van der Waals surface area contributed by atoms with Gasteiger partial charge in [0.15, 0.2) is 0 Å². The van der Waals surface area contributed by atoms with Crippen molar-refractivity contribution in [1.82, 2.24) is 15.1 Å². The van der Waals surface area contributed by atoms with E-state index < -0.39 is 5.97 Å². The summed E-state index contributed by atoms with van der Waals surface area (Å²) in [5.41, 5.74) is 4.47. The van der Waals surface area contributed by atoms with E-state index in [1.165, 1.54) is 25.7 Å². The number of aliphatic carboxylic acids is 1. The van der Waals surface area contributed by atoms with Gasteiger partial charge in [0.05, 0.1) is 11.4 Å². The number of carbonyl (C=O) groups excluding carboxylic acids is 1. The molecule has 1 saturated carbocycles. The van der Waals surface area contributed by atoms with Gasteiger partial charge in [-0.15, -0.1) is 0 Å². The first-order chi connectivity index (χ1) is 13.3. The molecule has 0 spiro atoms. The van der Waals surface area contributed by atoms with Crippen LogP contribution in [0.25, 0.3) is 5.69 Å². The van der Waals surface area contributed by atoms with Crippen LogP contribution < -0.4 is 5.32 Å². The minimum absolute atomic E-state index is 0.0461. The molecule has 6 nitrogen and oxygen atoms in total. The number of rotatable bonds is 7. The summed E-state index contributed by atoms with van der Waals surface area (Å²) in [6.07, 6.45) is 5.40. The van der Waals surface area contributed by atoms with Crippen molar-refractivity contribution in [2.45, 2.75) is 59.3 Å². The van der Waals surface area contributed by atoms with Crippen LogP contribution >= 0.6 is 0 Å². The molecule has 0 atom stereocenters. The van der Waals surface area contributed by atoms with Gasteiger partial charge in [-0.3, -0.25) is 9.59 Å². The summed E-state index contributed by atoms with van der Waals surface area (Å²) in [7, 11) is 0. The predicted molar refractivity (Wildman–Crippen MR) is 108 cm³/mol. The van der Waals surface area contributed by atoms with Crippen molar-refractivity contribution < 1.29 is 14.7 Å². The minimum atomic E-state index is -0.812. The van der Waals surface area contributed by atoms with Gasteiger partial charge >= 0.3 is 5.97 Å². The van der Waals surface area contributed by atoms with Gasteiger partial charge in [0.2, 0.25) is 0 Å². The molecule has 1 aromatic heterocycles. The van der Waals surface area contributed by atoms with Crippen LogP contribution in [0.15, 0.2) is 24.3 Å². The van der Waals surface area contributed by atoms with Gasteiger partial charge in [0, 0.05) is 24.2 Å². The second kappa shape index (κ2) is 8.17. The van der Waals surface area contributed by atoms with Crippen molar-refractivity contribution in [3.05, 3.63) is 46.8 Å². The highest BCUT2D eigenvalue weighted by atomic mass is 16.4. The van der Waals surface area contributed by atoms with E-state index in [1.807, 2.05) is 42.8 Å². The number of aromatic nitrogens is 2. The third-order valence-electron chi connectivity index (χ3n) is 5.89. The first kappa shape index (κ1) is 20.1. The number of hydrogen-bond acceptors (Lipinski definition) is 3. The largest absolute Gasteiger partial charge is 0.481 e. The van der Waals surface area contributed by atoms with E-state index in [0.717, 1.165) is 29.2 Å². The highest BCUT2D eigenvalue weighted by Crippen LogP contribution is 2.36. The standard InChI is InChI=1S/C22H29N3O3/c1-15-19(10-11-20(26)27)16(2)25(24-15)18-8-6-17(7-9-18)21(28)23-14-22(3)12-4-5-13-22/h6-9H,4-5,10-14H2,1-3H3,(H,23,28)(H,26,27). The van der Waals surface area contributed by atoms with E-state index in [1.54, 1.807) is 0 Å². The molecular formula is C22H29N3O3. The lowest BCUT2D eigenvalue weighted by Crippen LogP contribution is -2.34. The van der Waals surface area contributed by atoms with E-state index in [4.69, 9.17) is 5.11 Å². The second-order valence-corrected chi connectivity index (χ2v) is 8.20. The number of nitrogens with one attached hydrogen (secondary N) is 1. The molecule has 1 heterocycles. The van der Waals surface area contributed by atoms with Crippen molar-refractivity contribution in [2.24, 2.45) is 5.41 Å². The van der Waals surface area contributed by atoms with Gasteiger partial charge in [0.1, 0.15) is 0 Å². The number of aryl methyl sites for hydroxylation is 1. The summed E-state index contributed by atoms with van der Waals surface area (Å²) < 4.78 is 1.81. The van der Waals surface area contributed by atoms with Crippen molar-refractivity contribution in [2.75, 3.05) is 6.54 Å². The quantitative estimate of drug-likeness (QED) is 0.761. The number of nitrogens with zero attached hydrogens (tertiary/aromatic N) is 2. The average Bonchev–Trinajstić information content (AvgIpc) is 3.22. The Bertz CT molecular complexity index is 862. The molecule has 1 aromatic carbocycles. The molecule has 0 saturated heterocycles. The number of carbonyl (C=O) groups is 2. The lowest BCUT2D eigenvalue weighted by molar-refractivity contribution is -0.136. The highest BCUT2D eigenvalue weighted by Gasteiger charge is 2.29. The summed E-state index contributed by atoms with van der Waals surface area (Å²) >= 11 is 0. The summed E-state index contributed by atoms with van der Waals surface area (Å²) in [5, 5.41) is 16.6. The first-order valence-electron chi connectivity index (χ1n) is 9.95. The Hall–Kier alpha value is -2.63. The zero-order valence-electron chi connectivity index (χ0n) is 16.9. The molecule has 0 radical (unpaired) electrons. The van der Waals surface area contributed by atoms with Gasteiger partial charge in [-0.2, -0.15) is 5.10 Å². The van der Waals surface area contributed by atoms with Crippen LogP contribution in [0.3, 0.4) is 0 Å². The Kier molecular flexibility index (Phi) is 5.87. The normalized spacial score (nSPS) is 15.5. The molecule has 150 valence electrons. The number of benzene rings is 1. The topological polar surface area (TPSA) is 84.2 Å². The molecule has 0 bridgehead atoms. The molecule has 2 N–H and O–H groups in total. The minimum Gasteiger partial charge on any atom is -0.481 e. The second-order valence-electron chi connectivity index (χ2n) is 8.20. The summed E-state index contributed by atoms with van der Waals surface area (Å²) in [6, 6.07) is 7.39. The smallest absolute Gasteiger partial charge is 0.303 e. The predicted octanol–water partition coefficient (Wildman–Crippen LogP) is 3.82. The molecule has 1 aliphatic carbocycles. The monoisotopic (exact) mass is 383 g/mol. The molecule has 1 aliphatic rings. The summed E-state index contributed by atoms with van der Waals surface area (Å²) in [6.45, 7) is 6.80. The molecular weight excluding hydrogens is 354 g/mol. The fourth-order valence-corrected chi connectivity index (χ4v) is 4.08. The van der Waals surface area contributed by atoms with E-state index in [2.05, 4.69) is 17.3 Å². The Morgan fingerprint density at radius 3 is 2.43 bits per heavy atom. The highest BCUT2D eigenvalue weighted by molar-refractivity contribution is 5.94. The van der Waals surface area contributed by atoms with Gasteiger partial charge in [-0.1, -0.05) is 19.8 Å². The number of carboxylic acid groups (broad SMARTS) is 1. The Balaban J connectivity index is 1.69. The van der Waals surface area contributed by atoms with Crippen LogP contribution in [0, 0.1) is 19.3 Å². The van der Waals surface area contributed by atoms with Crippen LogP contribution in [0.4, 0.5) is 0 Å². The lowest BCUT2D eigenvalue weighted by atomic mass is 9.89. The van der Waals surface area contributed by atoms with E-state index in [9.17, 15) is 9.59 Å². The Morgan fingerprint density at radius 1 is 1.18 bits per heavy atom. The lowest BCUT2D eigenvalue weighted by Gasteiger charge is -2.23. The number of carboxylic acids is 1. The number of amides is 1. The van der Waals surface area contributed by atoms with Crippen LogP contribution in [0.5, 0.6) is 0 Å². The molecule has 28 heavy (non-hydrogen) atoms. The average molecular weight is 383 g/mol. The maximum absolute atomic E-state index is 12.5. The van der Waals surface area contributed by atoms with Crippen molar-refractivity contribution in [1.29, 1.82) is 0 Å². The van der Waals surface area contributed by atoms with Crippen molar-refractivity contribution >= 4 is 11.9 Å². The van der Waals surface area contributed by atoms with Crippen LogP contribution in [0.2, 0.25) is 0 Å². The molecule has 1 fully saturated rings. The van der Waals surface area contributed by atoms with Crippen LogP contribution in [-0.2, 0) is 11.2 Å².